The monoisotopic (exact) mass is 626 g/mol. The molecule has 1 aliphatic rings. The molecular formula is C41H26N2OS2. The minimum Gasteiger partial charge on any atom is -0.435 e. The van der Waals surface area contributed by atoms with Crippen molar-refractivity contribution in [2.24, 2.45) is 0 Å². The Morgan fingerprint density at radius 3 is 2.13 bits per heavy atom. The van der Waals surface area contributed by atoms with Gasteiger partial charge in [0.15, 0.2) is 5.58 Å². The summed E-state index contributed by atoms with van der Waals surface area (Å²) in [5.41, 5.74) is 7.53. The summed E-state index contributed by atoms with van der Waals surface area (Å²) < 4.78 is 11.7. The van der Waals surface area contributed by atoms with Gasteiger partial charge in [0, 0.05) is 62.8 Å². The van der Waals surface area contributed by atoms with Crippen LogP contribution < -0.4 is 4.90 Å². The first-order valence-electron chi connectivity index (χ1n) is 15.5. The third-order valence-electron chi connectivity index (χ3n) is 9.23. The number of thiophene rings is 2. The van der Waals surface area contributed by atoms with Crippen LogP contribution in [0.3, 0.4) is 0 Å². The first-order chi connectivity index (χ1) is 22.8. The molecule has 0 aliphatic heterocycles. The summed E-state index contributed by atoms with van der Waals surface area (Å²) in [5.74, 6) is 0.661. The fourth-order valence-electron chi connectivity index (χ4n) is 7.06. The van der Waals surface area contributed by atoms with Crippen LogP contribution >= 0.6 is 22.7 Å². The zero-order valence-corrected chi connectivity index (χ0v) is 26.3. The van der Waals surface area contributed by atoms with Crippen LogP contribution in [0.1, 0.15) is 11.1 Å². The molecule has 46 heavy (non-hydrogen) atoms. The average Bonchev–Trinajstić information content (AvgIpc) is 3.82. The second-order valence-electron chi connectivity index (χ2n) is 11.9. The molecule has 1 unspecified atom stereocenters. The number of benzene rings is 6. The molecule has 10 rings (SSSR count). The fraction of sp³-hybridized carbons (Fsp3) is 0.0488. The van der Waals surface area contributed by atoms with Crippen LogP contribution in [0, 0.1) is 0 Å². The number of nitrogens with zero attached hydrogens (tertiary/aromatic N) is 2. The minimum atomic E-state index is 0.121. The average molecular weight is 627 g/mol. The Morgan fingerprint density at radius 2 is 1.28 bits per heavy atom. The van der Waals surface area contributed by atoms with Crippen LogP contribution in [0.15, 0.2) is 138 Å². The van der Waals surface area contributed by atoms with Gasteiger partial charge in [0.05, 0.1) is 6.04 Å². The van der Waals surface area contributed by atoms with Gasteiger partial charge in [-0.2, -0.15) is 0 Å². The molecule has 0 fully saturated rings. The van der Waals surface area contributed by atoms with E-state index in [1.807, 2.05) is 53.0 Å². The first-order valence-corrected chi connectivity index (χ1v) is 17.2. The quantitative estimate of drug-likeness (QED) is 0.195. The van der Waals surface area contributed by atoms with Gasteiger partial charge in [-0.05, 0) is 72.6 Å². The molecule has 0 bridgehead atoms. The standard InChI is InChI=1S/C41H26N2OS2/c1-2-8-25(9-3-1)41-42-35-20-14-26-22-27(15-18-30(26)40(35)44-41)43(28-17-21-38-34(23-28)32-11-5-7-13-37(32)45-38)29-16-19-33-31-10-4-6-12-36(31)46-39(33)24-29/h1-21,23-24,27H,22H2. The third kappa shape index (κ3) is 4.06. The fourth-order valence-corrected chi connectivity index (χ4v) is 9.28. The van der Waals surface area contributed by atoms with Crippen molar-refractivity contribution in [3.05, 3.63) is 145 Å². The van der Waals surface area contributed by atoms with Gasteiger partial charge in [-0.15, -0.1) is 22.7 Å². The van der Waals surface area contributed by atoms with E-state index in [4.69, 9.17) is 9.40 Å². The van der Waals surface area contributed by atoms with Gasteiger partial charge in [-0.1, -0.05) is 78.9 Å². The number of hydrogen-bond acceptors (Lipinski definition) is 5. The van der Waals surface area contributed by atoms with E-state index in [0.29, 0.717) is 5.89 Å². The van der Waals surface area contributed by atoms with Crippen molar-refractivity contribution in [1.82, 2.24) is 4.98 Å². The van der Waals surface area contributed by atoms with Gasteiger partial charge in [-0.3, -0.25) is 0 Å². The topological polar surface area (TPSA) is 29.3 Å². The summed E-state index contributed by atoms with van der Waals surface area (Å²) in [5, 5.41) is 5.26. The lowest BCUT2D eigenvalue weighted by molar-refractivity contribution is 0.617. The number of fused-ring (bicyclic) bond motifs is 9. The third-order valence-corrected chi connectivity index (χ3v) is 11.5. The Hall–Kier alpha value is -5.23. The van der Waals surface area contributed by atoms with Crippen molar-refractivity contribution in [1.29, 1.82) is 0 Å². The number of aromatic nitrogens is 1. The molecule has 6 aromatic carbocycles. The van der Waals surface area contributed by atoms with Gasteiger partial charge in [0.25, 0.3) is 0 Å². The molecule has 1 atom stereocenters. The molecule has 3 nitrogen and oxygen atoms in total. The number of hydrogen-bond donors (Lipinski definition) is 0. The predicted molar refractivity (Wildman–Crippen MR) is 197 cm³/mol. The highest BCUT2D eigenvalue weighted by atomic mass is 32.1. The summed E-state index contributed by atoms with van der Waals surface area (Å²) in [7, 11) is 0. The maximum Gasteiger partial charge on any atom is 0.227 e. The van der Waals surface area contributed by atoms with Crippen molar-refractivity contribution in [2.45, 2.75) is 12.5 Å². The van der Waals surface area contributed by atoms with E-state index >= 15 is 0 Å². The number of rotatable bonds is 4. The lowest BCUT2D eigenvalue weighted by atomic mass is 9.91. The van der Waals surface area contributed by atoms with Crippen molar-refractivity contribution >= 4 is 91.6 Å². The maximum atomic E-state index is 6.40. The Kier molecular flexibility index (Phi) is 5.74. The van der Waals surface area contributed by atoms with Crippen LogP contribution in [0.4, 0.5) is 11.4 Å². The summed E-state index contributed by atoms with van der Waals surface area (Å²) >= 11 is 3.73. The molecule has 0 amide bonds. The second-order valence-corrected chi connectivity index (χ2v) is 14.1. The van der Waals surface area contributed by atoms with Crippen LogP contribution in [-0.2, 0) is 6.42 Å². The lowest BCUT2D eigenvalue weighted by Gasteiger charge is -2.34. The van der Waals surface area contributed by atoms with E-state index in [0.717, 1.165) is 28.6 Å². The van der Waals surface area contributed by atoms with E-state index in [2.05, 4.69) is 114 Å². The molecule has 1 aliphatic carbocycles. The second kappa shape index (κ2) is 10.1. The molecule has 3 aromatic heterocycles. The summed E-state index contributed by atoms with van der Waals surface area (Å²) in [6.07, 6.45) is 5.45. The van der Waals surface area contributed by atoms with E-state index in [1.165, 1.54) is 57.3 Å². The van der Waals surface area contributed by atoms with Gasteiger partial charge in [-0.25, -0.2) is 4.98 Å². The Bertz CT molecular complexity index is 2640. The normalized spacial score (nSPS) is 14.6. The smallest absolute Gasteiger partial charge is 0.227 e. The molecule has 0 N–H and O–H groups in total. The van der Waals surface area contributed by atoms with Gasteiger partial charge >= 0.3 is 0 Å². The summed E-state index contributed by atoms with van der Waals surface area (Å²) in [6, 6.07) is 46.0. The predicted octanol–water partition coefficient (Wildman–Crippen LogP) is 12.0. The SMILES string of the molecule is C1=CC(N(c2ccc3c(c2)sc2ccccc23)c2ccc3sc4ccccc4c3c2)Cc2ccc3nc(-c4ccccc4)oc3c21. The Morgan fingerprint density at radius 1 is 0.609 bits per heavy atom. The van der Waals surface area contributed by atoms with Crippen molar-refractivity contribution < 1.29 is 4.42 Å². The van der Waals surface area contributed by atoms with Gasteiger partial charge in [0.1, 0.15) is 5.52 Å². The highest BCUT2D eigenvalue weighted by molar-refractivity contribution is 7.26. The summed E-state index contributed by atoms with van der Waals surface area (Å²) in [6.45, 7) is 0. The van der Waals surface area contributed by atoms with Crippen LogP contribution in [0.5, 0.6) is 0 Å². The van der Waals surface area contributed by atoms with E-state index in [-0.39, 0.29) is 6.04 Å². The van der Waals surface area contributed by atoms with Crippen LogP contribution in [0.2, 0.25) is 0 Å². The highest BCUT2D eigenvalue weighted by Crippen LogP contribution is 2.43. The Balaban J connectivity index is 1.12. The van der Waals surface area contributed by atoms with E-state index in [1.54, 1.807) is 0 Å². The van der Waals surface area contributed by atoms with Gasteiger partial charge in [0.2, 0.25) is 5.89 Å². The first kappa shape index (κ1) is 26.0. The zero-order chi connectivity index (χ0) is 30.2. The molecular weight excluding hydrogens is 601 g/mol. The molecule has 0 saturated heterocycles. The number of oxazole rings is 1. The molecule has 3 heterocycles. The van der Waals surface area contributed by atoms with Gasteiger partial charge < -0.3 is 9.32 Å². The van der Waals surface area contributed by atoms with Crippen molar-refractivity contribution in [3.63, 3.8) is 0 Å². The van der Waals surface area contributed by atoms with E-state index in [9.17, 15) is 0 Å². The molecule has 0 radical (unpaired) electrons. The number of anilines is 2. The largest absolute Gasteiger partial charge is 0.435 e. The summed E-state index contributed by atoms with van der Waals surface area (Å²) in [4.78, 5) is 7.35. The molecule has 5 heteroatoms. The molecule has 9 aromatic rings. The maximum absolute atomic E-state index is 6.40. The molecule has 218 valence electrons. The van der Waals surface area contributed by atoms with Crippen LogP contribution in [0.25, 0.3) is 69.0 Å². The van der Waals surface area contributed by atoms with Crippen molar-refractivity contribution in [3.8, 4) is 11.5 Å². The van der Waals surface area contributed by atoms with Crippen molar-refractivity contribution in [2.75, 3.05) is 4.90 Å². The molecule has 0 saturated carbocycles. The minimum absolute atomic E-state index is 0.121. The zero-order valence-electron chi connectivity index (χ0n) is 24.7. The lowest BCUT2D eigenvalue weighted by Crippen LogP contribution is -2.32. The Labute approximate surface area is 273 Å². The van der Waals surface area contributed by atoms with E-state index < -0.39 is 0 Å². The molecule has 0 spiro atoms. The highest BCUT2D eigenvalue weighted by Gasteiger charge is 2.26. The van der Waals surface area contributed by atoms with Crippen LogP contribution in [-0.4, -0.2) is 11.0 Å².